The molecule has 2 heterocycles. The van der Waals surface area contributed by atoms with Gasteiger partial charge in [-0.25, -0.2) is 0 Å². The third kappa shape index (κ3) is 4.98. The van der Waals surface area contributed by atoms with Crippen LogP contribution in [-0.2, 0) is 25.5 Å². The van der Waals surface area contributed by atoms with E-state index in [0.717, 1.165) is 16.7 Å². The van der Waals surface area contributed by atoms with Crippen molar-refractivity contribution in [1.82, 2.24) is 15.5 Å². The predicted octanol–water partition coefficient (Wildman–Crippen LogP) is 2.07. The highest BCUT2D eigenvalue weighted by Crippen LogP contribution is 2.31. The van der Waals surface area contributed by atoms with Crippen LogP contribution in [-0.4, -0.2) is 60.5 Å². The minimum Gasteiger partial charge on any atom is -0.361 e. The largest absolute Gasteiger partial charge is 0.361 e. The summed E-state index contributed by atoms with van der Waals surface area (Å²) in [6.07, 6.45) is 2.74. The van der Waals surface area contributed by atoms with Crippen molar-refractivity contribution in [2.45, 2.75) is 30.9 Å². The Balaban J connectivity index is 1.64. The lowest BCUT2D eigenvalue weighted by atomic mass is 9.87. The fourth-order valence-electron chi connectivity index (χ4n) is 4.52. The van der Waals surface area contributed by atoms with Crippen molar-refractivity contribution in [3.63, 3.8) is 0 Å². The molecule has 0 bridgehead atoms. The highest BCUT2D eigenvalue weighted by molar-refractivity contribution is 5.92. The fourth-order valence-corrected chi connectivity index (χ4v) is 4.52. The minimum atomic E-state index is -1.25. The number of amides is 3. The molecule has 33 heavy (non-hydrogen) atoms. The molecule has 0 aromatic heterocycles. The maximum Gasteiger partial charge on any atom is 0.254 e. The number of nitrogens with one attached hydrogen (secondary N) is 2. The number of carbonyl (C=O) groups excluding carboxylic acids is 3. The Morgan fingerprint density at radius 2 is 1.94 bits per heavy atom. The molecule has 2 aromatic rings. The van der Waals surface area contributed by atoms with Crippen LogP contribution in [0.15, 0.2) is 67.3 Å². The third-order valence-electron chi connectivity index (χ3n) is 6.19. The fraction of sp³-hybridized carbons (Fsp3) is 0.346. The highest BCUT2D eigenvalue weighted by Gasteiger charge is 2.46. The molecular weight excluding hydrogens is 418 g/mol. The lowest BCUT2D eigenvalue weighted by Gasteiger charge is -2.42. The van der Waals surface area contributed by atoms with Crippen LogP contribution in [0.3, 0.4) is 0 Å². The first-order chi connectivity index (χ1) is 16.0. The second kappa shape index (κ2) is 10.0. The summed E-state index contributed by atoms with van der Waals surface area (Å²) < 4.78 is 6.16. The zero-order chi connectivity index (χ0) is 23.3. The van der Waals surface area contributed by atoms with E-state index < -0.39 is 11.6 Å². The number of carbonyl (C=O) groups is 3. The Labute approximate surface area is 193 Å². The molecule has 2 aromatic carbocycles. The smallest absolute Gasteiger partial charge is 0.254 e. The number of morpholine rings is 1. The Morgan fingerprint density at radius 1 is 1.18 bits per heavy atom. The van der Waals surface area contributed by atoms with E-state index in [1.807, 2.05) is 54.6 Å². The molecule has 2 saturated heterocycles. The Morgan fingerprint density at radius 3 is 2.67 bits per heavy atom. The molecule has 2 N–H and O–H groups in total. The Hall–Kier alpha value is -3.45. The summed E-state index contributed by atoms with van der Waals surface area (Å²) in [6.45, 7) is 4.71. The van der Waals surface area contributed by atoms with Gasteiger partial charge in [-0.3, -0.25) is 14.4 Å². The van der Waals surface area contributed by atoms with E-state index in [9.17, 15) is 14.4 Å². The van der Waals surface area contributed by atoms with Gasteiger partial charge in [0.1, 0.15) is 6.04 Å². The number of hydrogen-bond acceptors (Lipinski definition) is 4. The molecule has 7 nitrogen and oxygen atoms in total. The van der Waals surface area contributed by atoms with Crippen molar-refractivity contribution in [2.75, 3.05) is 26.2 Å². The van der Waals surface area contributed by atoms with Crippen molar-refractivity contribution in [2.24, 2.45) is 0 Å². The van der Waals surface area contributed by atoms with E-state index in [1.165, 1.54) is 0 Å². The van der Waals surface area contributed by atoms with E-state index >= 15 is 0 Å². The summed E-state index contributed by atoms with van der Waals surface area (Å²) in [5.41, 5.74) is 1.78. The van der Waals surface area contributed by atoms with Crippen LogP contribution in [0.4, 0.5) is 0 Å². The molecule has 3 amide bonds. The van der Waals surface area contributed by atoms with E-state index in [0.29, 0.717) is 32.4 Å². The minimum absolute atomic E-state index is 0.115. The summed E-state index contributed by atoms with van der Waals surface area (Å²) in [5, 5.41) is 5.61. The van der Waals surface area contributed by atoms with Gasteiger partial charge in [0, 0.05) is 25.9 Å². The molecule has 0 spiro atoms. The number of nitrogens with zero attached hydrogens (tertiary/aromatic N) is 1. The lowest BCUT2D eigenvalue weighted by Crippen LogP contribution is -2.63. The van der Waals surface area contributed by atoms with Crippen LogP contribution in [0.2, 0.25) is 0 Å². The maximum atomic E-state index is 13.4. The van der Waals surface area contributed by atoms with Gasteiger partial charge in [-0.15, -0.1) is 6.58 Å². The normalized spacial score (nSPS) is 22.5. The first-order valence-electron chi connectivity index (χ1n) is 11.3. The van der Waals surface area contributed by atoms with Crippen LogP contribution in [0.1, 0.15) is 18.4 Å². The number of ether oxygens (including phenoxy) is 1. The molecular formula is C26H29N3O4. The average Bonchev–Trinajstić information content (AvgIpc) is 3.29. The summed E-state index contributed by atoms with van der Waals surface area (Å²) in [7, 11) is 0. The van der Waals surface area contributed by atoms with Crippen LogP contribution >= 0.6 is 0 Å². The van der Waals surface area contributed by atoms with Crippen LogP contribution in [0.5, 0.6) is 0 Å². The molecule has 2 fully saturated rings. The molecule has 4 rings (SSSR count). The zero-order valence-corrected chi connectivity index (χ0v) is 18.6. The molecule has 1 unspecified atom stereocenters. The number of benzene rings is 2. The van der Waals surface area contributed by atoms with Gasteiger partial charge < -0.3 is 20.3 Å². The van der Waals surface area contributed by atoms with Gasteiger partial charge in [0.05, 0.1) is 13.2 Å². The van der Waals surface area contributed by atoms with Crippen molar-refractivity contribution < 1.29 is 19.1 Å². The van der Waals surface area contributed by atoms with Gasteiger partial charge in [-0.1, -0.05) is 60.7 Å². The number of hydrogen-bond donors (Lipinski definition) is 2. The van der Waals surface area contributed by atoms with E-state index in [4.69, 9.17) is 4.74 Å². The summed E-state index contributed by atoms with van der Waals surface area (Å²) in [5.74, 6) is -0.562. The van der Waals surface area contributed by atoms with Gasteiger partial charge >= 0.3 is 0 Å². The quantitative estimate of drug-likeness (QED) is 0.636. The van der Waals surface area contributed by atoms with Crippen LogP contribution in [0.25, 0.3) is 11.1 Å². The first-order valence-corrected chi connectivity index (χ1v) is 11.3. The standard InChI is InChI=1S/C26H29N3O4/c1-2-14-27-25(32)26(17-20-10-6-7-11-21(20)19-8-4-3-5-9-19)18-29(15-16-33-26)24(31)22-12-13-23(30)28-22/h2-11,22H,1,12-18H2,(H,27,32)(H,28,30)/t22-,26?/m0/s1. The molecule has 2 aliphatic heterocycles. The second-order valence-corrected chi connectivity index (χ2v) is 8.46. The van der Waals surface area contributed by atoms with Crippen molar-refractivity contribution in [3.05, 3.63) is 72.8 Å². The maximum absolute atomic E-state index is 13.4. The van der Waals surface area contributed by atoms with Crippen molar-refractivity contribution in [1.29, 1.82) is 0 Å². The topological polar surface area (TPSA) is 87.7 Å². The van der Waals surface area contributed by atoms with E-state index in [1.54, 1.807) is 11.0 Å². The molecule has 0 aliphatic carbocycles. The van der Waals surface area contributed by atoms with Gasteiger partial charge in [0.2, 0.25) is 11.8 Å². The molecule has 172 valence electrons. The van der Waals surface area contributed by atoms with Crippen molar-refractivity contribution >= 4 is 17.7 Å². The molecule has 2 atom stereocenters. The van der Waals surface area contributed by atoms with Gasteiger partial charge in [-0.05, 0) is 23.1 Å². The summed E-state index contributed by atoms with van der Waals surface area (Å²) >= 11 is 0. The average molecular weight is 448 g/mol. The first kappa shape index (κ1) is 22.7. The Bertz CT molecular complexity index is 1040. The molecule has 7 heteroatoms. The van der Waals surface area contributed by atoms with Crippen molar-refractivity contribution in [3.8, 4) is 11.1 Å². The van der Waals surface area contributed by atoms with Gasteiger partial charge in [-0.2, -0.15) is 0 Å². The Kier molecular flexibility index (Phi) is 6.89. The third-order valence-corrected chi connectivity index (χ3v) is 6.19. The lowest BCUT2D eigenvalue weighted by molar-refractivity contribution is -0.166. The van der Waals surface area contributed by atoms with Gasteiger partial charge in [0.15, 0.2) is 5.60 Å². The van der Waals surface area contributed by atoms with Crippen LogP contribution < -0.4 is 10.6 Å². The monoisotopic (exact) mass is 447 g/mol. The van der Waals surface area contributed by atoms with Gasteiger partial charge in [0.25, 0.3) is 5.91 Å². The zero-order valence-electron chi connectivity index (χ0n) is 18.6. The van der Waals surface area contributed by atoms with E-state index in [2.05, 4.69) is 17.2 Å². The van der Waals surface area contributed by atoms with Crippen LogP contribution in [0, 0.1) is 0 Å². The number of rotatable bonds is 7. The summed E-state index contributed by atoms with van der Waals surface area (Å²) in [6, 6.07) is 17.4. The SMILES string of the molecule is C=CCNC(=O)C1(Cc2ccccc2-c2ccccc2)CN(C(=O)[C@@H]2CCC(=O)N2)CCO1. The summed E-state index contributed by atoms with van der Waals surface area (Å²) in [4.78, 5) is 39.8. The molecule has 0 radical (unpaired) electrons. The van der Waals surface area contributed by atoms with E-state index in [-0.39, 0.29) is 30.9 Å². The second-order valence-electron chi connectivity index (χ2n) is 8.46. The highest BCUT2D eigenvalue weighted by atomic mass is 16.5. The predicted molar refractivity (Wildman–Crippen MR) is 125 cm³/mol. The molecule has 2 aliphatic rings. The molecule has 0 saturated carbocycles.